The van der Waals surface area contributed by atoms with Gasteiger partial charge in [-0.3, -0.25) is 9.59 Å². The third-order valence-electron chi connectivity index (χ3n) is 2.67. The normalized spacial score (nSPS) is 10.3. The third-order valence-corrected chi connectivity index (χ3v) is 2.67. The van der Waals surface area contributed by atoms with Gasteiger partial charge < -0.3 is 26.0 Å². The Morgan fingerprint density at radius 3 is 2.57 bits per heavy atom. The number of anilines is 1. The summed E-state index contributed by atoms with van der Waals surface area (Å²) in [5.41, 5.74) is 6.77. The second-order valence-electron chi connectivity index (χ2n) is 4.80. The fourth-order valence-corrected chi connectivity index (χ4v) is 1.76. The fraction of sp³-hybridized carbons (Fsp3) is 0.429. The molecule has 0 fully saturated rings. The molecule has 2 amide bonds. The summed E-state index contributed by atoms with van der Waals surface area (Å²) in [7, 11) is 5.46. The molecule has 0 spiro atoms. The van der Waals surface area contributed by atoms with E-state index in [0.29, 0.717) is 11.4 Å². The molecule has 0 radical (unpaired) electrons. The Bertz CT molecular complexity index is 503. The maximum atomic E-state index is 11.8. The van der Waals surface area contributed by atoms with Crippen LogP contribution in [-0.4, -0.2) is 51.0 Å². The SMILES string of the molecule is COc1ccc(CN(C)C)cc1NC(=O)CNC(=O)CN. The topological polar surface area (TPSA) is 96.7 Å². The van der Waals surface area contributed by atoms with Crippen molar-refractivity contribution in [1.82, 2.24) is 10.2 Å². The Kier molecular flexibility index (Phi) is 6.64. The maximum absolute atomic E-state index is 11.8. The van der Waals surface area contributed by atoms with Crippen molar-refractivity contribution < 1.29 is 14.3 Å². The molecule has 0 saturated heterocycles. The van der Waals surface area contributed by atoms with Gasteiger partial charge in [-0.1, -0.05) is 6.07 Å². The predicted molar refractivity (Wildman–Crippen MR) is 81.1 cm³/mol. The fourth-order valence-electron chi connectivity index (χ4n) is 1.76. The minimum Gasteiger partial charge on any atom is -0.495 e. The van der Waals surface area contributed by atoms with E-state index in [1.165, 1.54) is 7.11 Å². The largest absolute Gasteiger partial charge is 0.495 e. The van der Waals surface area contributed by atoms with Crippen LogP contribution in [0.15, 0.2) is 18.2 Å². The van der Waals surface area contributed by atoms with Crippen molar-refractivity contribution in [3.05, 3.63) is 23.8 Å². The molecule has 0 bridgehead atoms. The molecule has 116 valence electrons. The van der Waals surface area contributed by atoms with Crippen LogP contribution in [0.25, 0.3) is 0 Å². The van der Waals surface area contributed by atoms with Gasteiger partial charge in [0.2, 0.25) is 11.8 Å². The maximum Gasteiger partial charge on any atom is 0.243 e. The molecular weight excluding hydrogens is 272 g/mol. The number of carbonyl (C=O) groups excluding carboxylic acids is 2. The highest BCUT2D eigenvalue weighted by Gasteiger charge is 2.10. The summed E-state index contributed by atoms with van der Waals surface area (Å²) >= 11 is 0. The zero-order chi connectivity index (χ0) is 15.8. The van der Waals surface area contributed by atoms with Gasteiger partial charge in [-0.05, 0) is 31.8 Å². The van der Waals surface area contributed by atoms with Crippen molar-refractivity contribution >= 4 is 17.5 Å². The van der Waals surface area contributed by atoms with Crippen LogP contribution in [-0.2, 0) is 16.1 Å². The van der Waals surface area contributed by atoms with Crippen LogP contribution in [0.2, 0.25) is 0 Å². The molecule has 7 heteroatoms. The van der Waals surface area contributed by atoms with Gasteiger partial charge in [0, 0.05) is 6.54 Å². The van der Waals surface area contributed by atoms with Crippen molar-refractivity contribution in [3.63, 3.8) is 0 Å². The summed E-state index contributed by atoms with van der Waals surface area (Å²) in [5.74, 6) is -0.147. The number of rotatable bonds is 7. The zero-order valence-corrected chi connectivity index (χ0v) is 12.6. The molecule has 0 atom stereocenters. The van der Waals surface area contributed by atoms with Gasteiger partial charge in [0.25, 0.3) is 0 Å². The highest BCUT2D eigenvalue weighted by Crippen LogP contribution is 2.25. The van der Waals surface area contributed by atoms with Crippen LogP contribution in [0.3, 0.4) is 0 Å². The molecule has 4 N–H and O–H groups in total. The molecule has 21 heavy (non-hydrogen) atoms. The first-order valence-electron chi connectivity index (χ1n) is 6.54. The van der Waals surface area contributed by atoms with Gasteiger partial charge in [-0.2, -0.15) is 0 Å². The summed E-state index contributed by atoms with van der Waals surface area (Å²) in [6, 6.07) is 5.58. The number of carbonyl (C=O) groups is 2. The molecule has 0 aliphatic heterocycles. The minimum atomic E-state index is -0.376. The van der Waals surface area contributed by atoms with Crippen molar-refractivity contribution in [3.8, 4) is 5.75 Å². The Morgan fingerprint density at radius 2 is 2.00 bits per heavy atom. The average molecular weight is 294 g/mol. The molecule has 1 aromatic rings. The second kappa shape index (κ2) is 8.23. The Morgan fingerprint density at radius 1 is 1.29 bits per heavy atom. The van der Waals surface area contributed by atoms with E-state index in [1.54, 1.807) is 6.07 Å². The van der Waals surface area contributed by atoms with Crippen LogP contribution in [0.4, 0.5) is 5.69 Å². The number of hydrogen-bond donors (Lipinski definition) is 3. The number of nitrogens with one attached hydrogen (secondary N) is 2. The number of amides is 2. The molecule has 0 saturated carbocycles. The molecule has 7 nitrogen and oxygen atoms in total. The van der Waals surface area contributed by atoms with Gasteiger partial charge in [-0.25, -0.2) is 0 Å². The first-order chi connectivity index (χ1) is 9.96. The predicted octanol–water partition coefficient (Wildman–Crippen LogP) is -0.230. The zero-order valence-electron chi connectivity index (χ0n) is 12.6. The smallest absolute Gasteiger partial charge is 0.243 e. The molecule has 0 aliphatic rings. The Labute approximate surface area is 124 Å². The molecule has 0 heterocycles. The van der Waals surface area contributed by atoms with Crippen molar-refractivity contribution in [2.24, 2.45) is 5.73 Å². The summed E-state index contributed by atoms with van der Waals surface area (Å²) in [6.07, 6.45) is 0. The lowest BCUT2D eigenvalue weighted by Crippen LogP contribution is -2.36. The Balaban J connectivity index is 2.75. The van der Waals surface area contributed by atoms with Crippen molar-refractivity contribution in [2.45, 2.75) is 6.54 Å². The van der Waals surface area contributed by atoms with Gasteiger partial charge in [0.05, 0.1) is 25.9 Å². The monoisotopic (exact) mass is 294 g/mol. The van der Waals surface area contributed by atoms with Crippen molar-refractivity contribution in [1.29, 1.82) is 0 Å². The van der Waals surface area contributed by atoms with Crippen LogP contribution < -0.4 is 21.1 Å². The minimum absolute atomic E-state index is 0.128. The van der Waals surface area contributed by atoms with E-state index < -0.39 is 0 Å². The lowest BCUT2D eigenvalue weighted by molar-refractivity contribution is -0.123. The average Bonchev–Trinajstić information content (AvgIpc) is 2.44. The van der Waals surface area contributed by atoms with Crippen LogP contribution >= 0.6 is 0 Å². The number of nitrogens with zero attached hydrogens (tertiary/aromatic N) is 1. The lowest BCUT2D eigenvalue weighted by atomic mass is 10.1. The second-order valence-corrected chi connectivity index (χ2v) is 4.80. The van der Waals surface area contributed by atoms with Gasteiger partial charge >= 0.3 is 0 Å². The van der Waals surface area contributed by atoms with Gasteiger partial charge in [0.1, 0.15) is 5.75 Å². The third kappa shape index (κ3) is 5.80. The lowest BCUT2D eigenvalue weighted by Gasteiger charge is -2.14. The van der Waals surface area contributed by atoms with E-state index in [2.05, 4.69) is 10.6 Å². The first kappa shape index (κ1) is 16.9. The van der Waals surface area contributed by atoms with Crippen LogP contribution in [0.1, 0.15) is 5.56 Å². The van der Waals surface area contributed by atoms with E-state index in [9.17, 15) is 9.59 Å². The van der Waals surface area contributed by atoms with E-state index in [0.717, 1.165) is 12.1 Å². The highest BCUT2D eigenvalue weighted by atomic mass is 16.5. The first-order valence-corrected chi connectivity index (χ1v) is 6.54. The van der Waals surface area contributed by atoms with Crippen LogP contribution in [0.5, 0.6) is 5.75 Å². The molecule has 0 unspecified atom stereocenters. The number of ether oxygens (including phenoxy) is 1. The number of benzene rings is 1. The Hall–Kier alpha value is -2.12. The molecule has 0 aliphatic carbocycles. The summed E-state index contributed by atoms with van der Waals surface area (Å²) in [6.45, 7) is 0.475. The molecular formula is C14H22N4O3. The van der Waals surface area contributed by atoms with Crippen molar-refractivity contribution in [2.75, 3.05) is 39.6 Å². The quantitative estimate of drug-likeness (QED) is 0.645. The standard InChI is InChI=1S/C14H22N4O3/c1-18(2)9-10-4-5-12(21-3)11(6-10)17-14(20)8-16-13(19)7-15/h4-6H,7-9,15H2,1-3H3,(H,16,19)(H,17,20). The van der Waals surface area contributed by atoms with E-state index in [1.807, 2.05) is 31.1 Å². The van der Waals surface area contributed by atoms with E-state index >= 15 is 0 Å². The summed E-state index contributed by atoms with van der Waals surface area (Å²) < 4.78 is 5.22. The van der Waals surface area contributed by atoms with Gasteiger partial charge in [0.15, 0.2) is 0 Å². The van der Waals surface area contributed by atoms with E-state index in [4.69, 9.17) is 10.5 Å². The number of methoxy groups -OCH3 is 1. The molecule has 1 rings (SSSR count). The molecule has 1 aromatic carbocycles. The summed E-state index contributed by atoms with van der Waals surface area (Å²) in [4.78, 5) is 24.8. The highest BCUT2D eigenvalue weighted by molar-refractivity contribution is 5.95. The van der Waals surface area contributed by atoms with Crippen LogP contribution in [0, 0.1) is 0 Å². The summed E-state index contributed by atoms with van der Waals surface area (Å²) in [5, 5.41) is 5.13. The van der Waals surface area contributed by atoms with Gasteiger partial charge in [-0.15, -0.1) is 0 Å². The van der Waals surface area contributed by atoms with E-state index in [-0.39, 0.29) is 24.9 Å². The number of hydrogen-bond acceptors (Lipinski definition) is 5. The molecule has 0 aromatic heterocycles. The number of nitrogens with two attached hydrogens (primary N) is 1.